The fourth-order valence-corrected chi connectivity index (χ4v) is 3.28. The lowest BCUT2D eigenvalue weighted by Crippen LogP contribution is -2.51. The van der Waals surface area contributed by atoms with E-state index in [4.69, 9.17) is 9.47 Å². The number of nitriles is 1. The minimum Gasteiger partial charge on any atom is -0.497 e. The molecule has 1 aromatic carbocycles. The summed E-state index contributed by atoms with van der Waals surface area (Å²) in [6.45, 7) is 6.73. The fraction of sp³-hybridized carbons (Fsp3) is 0.600. The molecule has 0 radical (unpaired) electrons. The van der Waals surface area contributed by atoms with Crippen molar-refractivity contribution < 1.29 is 14.3 Å². The molecule has 1 aromatic rings. The molecule has 6 nitrogen and oxygen atoms in total. The topological polar surface area (TPSA) is 74.6 Å². The van der Waals surface area contributed by atoms with Crippen LogP contribution in [0.5, 0.6) is 11.5 Å². The number of nitrogens with one attached hydrogen (secondary N) is 1. The van der Waals surface area contributed by atoms with Gasteiger partial charge in [0.1, 0.15) is 17.0 Å². The number of hydrogen-bond acceptors (Lipinski definition) is 5. The minimum absolute atomic E-state index is 0.0318. The molecule has 6 heteroatoms. The molecule has 1 amide bonds. The second-order valence-corrected chi connectivity index (χ2v) is 7.25. The van der Waals surface area contributed by atoms with E-state index in [0.29, 0.717) is 0 Å². The van der Waals surface area contributed by atoms with E-state index in [1.165, 1.54) is 0 Å². The maximum absolute atomic E-state index is 12.6. The van der Waals surface area contributed by atoms with Crippen molar-refractivity contribution in [1.82, 2.24) is 10.2 Å². The summed E-state index contributed by atoms with van der Waals surface area (Å²) in [4.78, 5) is 14.7. The van der Waals surface area contributed by atoms with E-state index in [1.54, 1.807) is 21.1 Å². The second-order valence-electron chi connectivity index (χ2n) is 7.25. The monoisotopic (exact) mass is 359 g/mol. The molecule has 0 saturated carbocycles. The summed E-state index contributed by atoms with van der Waals surface area (Å²) in [6, 6.07) is 8.07. The Kier molecular flexibility index (Phi) is 6.49. The number of carbonyl (C=O) groups excluding carboxylic acids is 1. The Hall–Kier alpha value is -2.26. The molecule has 0 aromatic heterocycles. The van der Waals surface area contributed by atoms with Crippen LogP contribution in [0.1, 0.15) is 45.2 Å². The van der Waals surface area contributed by atoms with Crippen molar-refractivity contribution in [3.05, 3.63) is 23.8 Å². The highest BCUT2D eigenvalue weighted by Crippen LogP contribution is 2.38. The zero-order valence-electron chi connectivity index (χ0n) is 16.3. The number of carbonyl (C=O) groups is 1. The van der Waals surface area contributed by atoms with Crippen molar-refractivity contribution in [2.45, 2.75) is 45.2 Å². The van der Waals surface area contributed by atoms with Gasteiger partial charge >= 0.3 is 0 Å². The lowest BCUT2D eigenvalue weighted by molar-refractivity contribution is -0.124. The largest absolute Gasteiger partial charge is 0.497 e. The maximum Gasteiger partial charge on any atom is 0.235 e. The van der Waals surface area contributed by atoms with Gasteiger partial charge in [0.25, 0.3) is 0 Å². The molecule has 2 rings (SSSR count). The molecule has 0 aliphatic carbocycles. The summed E-state index contributed by atoms with van der Waals surface area (Å²) >= 11 is 0. The molecule has 26 heavy (non-hydrogen) atoms. The van der Waals surface area contributed by atoms with Gasteiger partial charge in [-0.05, 0) is 50.4 Å². The van der Waals surface area contributed by atoms with Crippen molar-refractivity contribution in [2.24, 2.45) is 5.92 Å². The fourth-order valence-electron chi connectivity index (χ4n) is 3.28. The first kappa shape index (κ1) is 20.1. The number of ether oxygens (including phenoxy) is 2. The third-order valence-electron chi connectivity index (χ3n) is 5.29. The van der Waals surface area contributed by atoms with E-state index in [-0.39, 0.29) is 24.4 Å². The van der Waals surface area contributed by atoms with Gasteiger partial charge in [-0.1, -0.05) is 13.8 Å². The van der Waals surface area contributed by atoms with Gasteiger partial charge in [-0.3, -0.25) is 9.69 Å². The van der Waals surface area contributed by atoms with E-state index in [1.807, 2.05) is 32.0 Å². The molecule has 1 N–H and O–H groups in total. The average Bonchev–Trinajstić information content (AvgIpc) is 3.08. The molecule has 2 unspecified atom stereocenters. The van der Waals surface area contributed by atoms with Crippen LogP contribution < -0.4 is 14.8 Å². The van der Waals surface area contributed by atoms with Gasteiger partial charge in [0, 0.05) is 11.6 Å². The Morgan fingerprint density at radius 3 is 2.73 bits per heavy atom. The predicted octanol–water partition coefficient (Wildman–Crippen LogP) is 2.90. The number of benzene rings is 1. The Balaban J connectivity index is 2.16. The predicted molar refractivity (Wildman–Crippen MR) is 100 cm³/mol. The molecular formula is C20H29N3O3. The SMILES string of the molecule is COc1ccc(OC)c(C2CCCN2CC(=O)NC(C)(C#N)C(C)C)c1. The Bertz CT molecular complexity index is 683. The molecule has 2 atom stereocenters. The number of hydrogen-bond donors (Lipinski definition) is 1. The molecule has 1 aliphatic rings. The summed E-state index contributed by atoms with van der Waals surface area (Å²) in [5.74, 6) is 1.47. The van der Waals surface area contributed by atoms with Gasteiger partial charge in [-0.25, -0.2) is 0 Å². The van der Waals surface area contributed by atoms with Gasteiger partial charge in [-0.15, -0.1) is 0 Å². The number of rotatable bonds is 7. The molecule has 1 aliphatic heterocycles. The zero-order valence-corrected chi connectivity index (χ0v) is 16.3. The molecule has 0 spiro atoms. The van der Waals surface area contributed by atoms with Crippen molar-refractivity contribution in [2.75, 3.05) is 27.3 Å². The summed E-state index contributed by atoms with van der Waals surface area (Å²) in [7, 11) is 3.29. The Labute approximate surface area is 156 Å². The lowest BCUT2D eigenvalue weighted by Gasteiger charge is -2.30. The van der Waals surface area contributed by atoms with Crippen LogP contribution in [0.3, 0.4) is 0 Å². The number of amides is 1. The molecule has 0 bridgehead atoms. The highest BCUT2D eigenvalue weighted by atomic mass is 16.5. The van der Waals surface area contributed by atoms with E-state index in [0.717, 1.165) is 36.4 Å². The third-order valence-corrected chi connectivity index (χ3v) is 5.29. The van der Waals surface area contributed by atoms with E-state index in [2.05, 4.69) is 16.3 Å². The van der Waals surface area contributed by atoms with E-state index >= 15 is 0 Å². The standard InChI is InChI=1S/C20H29N3O3/c1-14(2)20(3,13-21)22-19(24)12-23-10-6-7-17(23)16-11-15(25-4)8-9-18(16)26-5/h8-9,11,14,17H,6-7,10,12H2,1-5H3,(H,22,24). The quantitative estimate of drug-likeness (QED) is 0.810. The molecule has 1 fully saturated rings. The zero-order chi connectivity index (χ0) is 19.3. The lowest BCUT2D eigenvalue weighted by atomic mass is 9.90. The first-order chi connectivity index (χ1) is 12.3. The number of methoxy groups -OCH3 is 2. The van der Waals surface area contributed by atoms with Crippen LogP contribution in [0.25, 0.3) is 0 Å². The van der Waals surface area contributed by atoms with E-state index in [9.17, 15) is 10.1 Å². The first-order valence-electron chi connectivity index (χ1n) is 9.03. The van der Waals surface area contributed by atoms with Gasteiger partial charge in [0.15, 0.2) is 0 Å². The summed E-state index contributed by atoms with van der Waals surface area (Å²) in [6.07, 6.45) is 1.97. The van der Waals surface area contributed by atoms with E-state index < -0.39 is 5.54 Å². The highest BCUT2D eigenvalue weighted by Gasteiger charge is 2.34. The Morgan fingerprint density at radius 2 is 2.15 bits per heavy atom. The minimum atomic E-state index is -0.861. The third kappa shape index (κ3) is 4.28. The normalized spacial score (nSPS) is 19.7. The number of likely N-dealkylation sites (tertiary alicyclic amines) is 1. The van der Waals surface area contributed by atoms with Crippen molar-refractivity contribution in [3.63, 3.8) is 0 Å². The van der Waals surface area contributed by atoms with Gasteiger partial charge in [-0.2, -0.15) is 5.26 Å². The Morgan fingerprint density at radius 1 is 1.42 bits per heavy atom. The molecule has 1 heterocycles. The summed E-state index contributed by atoms with van der Waals surface area (Å²) in [5, 5.41) is 12.3. The van der Waals surface area contributed by atoms with Crippen LogP contribution in [0, 0.1) is 17.2 Å². The summed E-state index contributed by atoms with van der Waals surface area (Å²) in [5.41, 5.74) is 0.170. The first-order valence-corrected chi connectivity index (χ1v) is 9.03. The van der Waals surface area contributed by atoms with Gasteiger partial charge < -0.3 is 14.8 Å². The number of nitrogens with zero attached hydrogens (tertiary/aromatic N) is 2. The molecule has 142 valence electrons. The van der Waals surface area contributed by atoms with Gasteiger partial charge in [0.2, 0.25) is 5.91 Å². The van der Waals surface area contributed by atoms with Crippen LogP contribution in [0.4, 0.5) is 0 Å². The smallest absolute Gasteiger partial charge is 0.235 e. The van der Waals surface area contributed by atoms with Crippen molar-refractivity contribution in [1.29, 1.82) is 5.26 Å². The van der Waals surface area contributed by atoms with Crippen LogP contribution in [0.2, 0.25) is 0 Å². The average molecular weight is 359 g/mol. The molecular weight excluding hydrogens is 330 g/mol. The summed E-state index contributed by atoms with van der Waals surface area (Å²) < 4.78 is 10.9. The second kappa shape index (κ2) is 8.41. The van der Waals surface area contributed by atoms with Crippen LogP contribution in [0.15, 0.2) is 18.2 Å². The van der Waals surface area contributed by atoms with Crippen molar-refractivity contribution >= 4 is 5.91 Å². The maximum atomic E-state index is 12.6. The van der Waals surface area contributed by atoms with Crippen LogP contribution in [-0.4, -0.2) is 43.7 Å². The van der Waals surface area contributed by atoms with Crippen molar-refractivity contribution in [3.8, 4) is 17.6 Å². The van der Waals surface area contributed by atoms with Gasteiger partial charge in [0.05, 0.1) is 26.8 Å². The molecule has 1 saturated heterocycles. The van der Waals surface area contributed by atoms with Crippen LogP contribution in [-0.2, 0) is 4.79 Å². The van der Waals surface area contributed by atoms with Crippen LogP contribution >= 0.6 is 0 Å². The highest BCUT2D eigenvalue weighted by molar-refractivity contribution is 5.79.